The molecule has 0 unspecified atom stereocenters. The van der Waals surface area contributed by atoms with E-state index in [0.717, 1.165) is 0 Å². The molecule has 0 aliphatic rings. The number of hydrogen-bond acceptors (Lipinski definition) is 3. The summed E-state index contributed by atoms with van der Waals surface area (Å²) in [5.74, 6) is 0. The van der Waals surface area contributed by atoms with Crippen LogP contribution in [0.5, 0.6) is 0 Å². The van der Waals surface area contributed by atoms with Crippen molar-refractivity contribution >= 4 is 40.5 Å². The molecule has 0 aliphatic carbocycles. The molecule has 0 radical (unpaired) electrons. The summed E-state index contributed by atoms with van der Waals surface area (Å²) in [5.41, 5.74) is 0. The van der Waals surface area contributed by atoms with Crippen molar-refractivity contribution < 1.29 is 46.6 Å². The van der Waals surface area contributed by atoms with Gasteiger partial charge in [0.05, 0.1) is 0 Å². The predicted molar refractivity (Wildman–Crippen MR) is 26.3 cm³/mol. The van der Waals surface area contributed by atoms with E-state index in [4.69, 9.17) is 0 Å². The second-order valence-corrected chi connectivity index (χ2v) is 0. The van der Waals surface area contributed by atoms with Crippen LogP contribution in [0.2, 0.25) is 0 Å². The molecule has 0 aromatic rings. The van der Waals surface area contributed by atoms with E-state index in [1.807, 2.05) is 0 Å². The van der Waals surface area contributed by atoms with Gasteiger partial charge < -0.3 is 40.5 Å². The molecule has 0 fully saturated rings. The molecule has 0 aromatic heterocycles. The van der Waals surface area contributed by atoms with Crippen LogP contribution in [0.1, 0.15) is 0 Å². The topological polar surface area (TPSA) is 0 Å². The zero-order valence-corrected chi connectivity index (χ0v) is 8.48. The molecule has 0 nitrogen and oxygen atoms in total. The molecule has 0 saturated heterocycles. The Morgan fingerprint density at radius 3 is 0.600 bits per heavy atom. The second-order valence-electron chi connectivity index (χ2n) is 0. The molecule has 0 amide bonds. The van der Waals surface area contributed by atoms with E-state index < -0.39 is 0 Å². The average Bonchev–Trinajstić information content (AvgIpc) is 0. The quantitative estimate of drug-likeness (QED) is 0.212. The molecule has 5 heavy (non-hydrogen) atoms. The number of thiol groups is 3. The summed E-state index contributed by atoms with van der Waals surface area (Å²) < 4.78 is 0. The largest absolute Gasteiger partial charge is 2.00 e. The van der Waals surface area contributed by atoms with Gasteiger partial charge in [0.2, 0.25) is 0 Å². The maximum Gasteiger partial charge on any atom is 2.00 e. The molecule has 5 heteroatoms. The van der Waals surface area contributed by atoms with E-state index in [2.05, 4.69) is 0 Å². The summed E-state index contributed by atoms with van der Waals surface area (Å²) in [5, 5.41) is 0. The molecule has 0 heterocycles. The minimum atomic E-state index is 0. The van der Waals surface area contributed by atoms with Crippen LogP contribution in [0.15, 0.2) is 0 Å². The fraction of sp³-hybridized carbons (Fsp3) is 0. The van der Waals surface area contributed by atoms with Crippen LogP contribution < -0.4 is 29.6 Å². The van der Waals surface area contributed by atoms with E-state index in [-0.39, 0.29) is 87.1 Å². The maximum atomic E-state index is 0. The predicted octanol–water partition coefficient (Wildman–Crippen LogP) is -3.81. The minimum Gasteiger partial charge on any atom is -0.813 e. The van der Waals surface area contributed by atoms with Crippen molar-refractivity contribution in [1.29, 1.82) is 0 Å². The SMILES string of the molecule is [Fe+2].[Na+].[SH-].[SH-].[SH-]. The Morgan fingerprint density at radius 1 is 0.600 bits per heavy atom. The van der Waals surface area contributed by atoms with Gasteiger partial charge in [0, 0.05) is 0 Å². The Hall–Kier alpha value is 2.57. The molecule has 0 bridgehead atoms. The molecule has 30 valence electrons. The van der Waals surface area contributed by atoms with Gasteiger partial charge in [-0.05, 0) is 0 Å². The van der Waals surface area contributed by atoms with Gasteiger partial charge in [-0.25, -0.2) is 0 Å². The first kappa shape index (κ1) is 49.5. The van der Waals surface area contributed by atoms with Crippen LogP contribution in [-0.2, 0) is 57.6 Å². The first-order chi connectivity index (χ1) is 0. The monoisotopic (exact) mass is 178 g/mol. The van der Waals surface area contributed by atoms with Crippen LogP contribution in [0.3, 0.4) is 0 Å². The molecule has 0 atom stereocenters. The Labute approximate surface area is 86.0 Å². The smallest absolute Gasteiger partial charge is 0.813 e. The summed E-state index contributed by atoms with van der Waals surface area (Å²) >= 11 is 0. The zero-order chi connectivity index (χ0) is 0. The van der Waals surface area contributed by atoms with Crippen molar-refractivity contribution in [3.63, 3.8) is 0 Å². The third-order valence-corrected chi connectivity index (χ3v) is 0. The molecular formula is H3FeNaS3. The minimum absolute atomic E-state index is 0. The standard InChI is InChI=1S/Fe.Na.3H2S/h;;3*1H2/q+2;+1;;;/p-3. The summed E-state index contributed by atoms with van der Waals surface area (Å²) in [7, 11) is 0. The first-order valence-corrected chi connectivity index (χ1v) is 0. The van der Waals surface area contributed by atoms with Gasteiger partial charge in [-0.1, -0.05) is 0 Å². The zero-order valence-electron chi connectivity index (χ0n) is 2.70. The molecule has 0 aliphatic heterocycles. The van der Waals surface area contributed by atoms with Gasteiger partial charge in [-0.3, -0.25) is 0 Å². The van der Waals surface area contributed by atoms with Crippen molar-refractivity contribution in [2.45, 2.75) is 0 Å². The maximum absolute atomic E-state index is 0. The van der Waals surface area contributed by atoms with Crippen molar-refractivity contribution in [2.75, 3.05) is 0 Å². The summed E-state index contributed by atoms with van der Waals surface area (Å²) in [4.78, 5) is 0. The molecule has 0 saturated carbocycles. The Morgan fingerprint density at radius 2 is 0.600 bits per heavy atom. The van der Waals surface area contributed by atoms with Crippen molar-refractivity contribution in [3.05, 3.63) is 0 Å². The molecule has 0 N–H and O–H groups in total. The fourth-order valence-corrected chi connectivity index (χ4v) is 0. The molecule has 0 aromatic carbocycles. The van der Waals surface area contributed by atoms with Crippen LogP contribution in [0.25, 0.3) is 0 Å². The third kappa shape index (κ3) is 20.8. The van der Waals surface area contributed by atoms with Gasteiger partial charge in [0.15, 0.2) is 0 Å². The van der Waals surface area contributed by atoms with Gasteiger partial charge in [0.25, 0.3) is 0 Å². The molecule has 0 rings (SSSR count). The van der Waals surface area contributed by atoms with Crippen molar-refractivity contribution in [1.82, 2.24) is 0 Å². The van der Waals surface area contributed by atoms with Gasteiger partial charge in [-0.15, -0.1) is 0 Å². The van der Waals surface area contributed by atoms with E-state index in [1.165, 1.54) is 0 Å². The normalized spacial score (nSPS) is 0. The van der Waals surface area contributed by atoms with Crippen LogP contribution >= 0.6 is 0 Å². The van der Waals surface area contributed by atoms with E-state index >= 15 is 0 Å². The van der Waals surface area contributed by atoms with Crippen molar-refractivity contribution in [2.24, 2.45) is 0 Å². The van der Waals surface area contributed by atoms with E-state index in [9.17, 15) is 0 Å². The van der Waals surface area contributed by atoms with Crippen molar-refractivity contribution in [3.8, 4) is 0 Å². The fourth-order valence-electron chi connectivity index (χ4n) is 0. The first-order valence-electron chi connectivity index (χ1n) is 0. The number of hydrogen-bond donors (Lipinski definition) is 0. The van der Waals surface area contributed by atoms with Crippen LogP contribution in [-0.4, -0.2) is 0 Å². The Kier molecular flexibility index (Phi) is 305. The van der Waals surface area contributed by atoms with E-state index in [0.29, 0.717) is 0 Å². The molecular weight excluding hydrogens is 175 g/mol. The average molecular weight is 178 g/mol. The summed E-state index contributed by atoms with van der Waals surface area (Å²) in [6, 6.07) is 0. The van der Waals surface area contributed by atoms with Gasteiger partial charge in [-0.2, -0.15) is 0 Å². The van der Waals surface area contributed by atoms with Gasteiger partial charge >= 0.3 is 46.6 Å². The van der Waals surface area contributed by atoms with Crippen LogP contribution in [0.4, 0.5) is 0 Å². The van der Waals surface area contributed by atoms with Gasteiger partial charge in [0.1, 0.15) is 0 Å². The summed E-state index contributed by atoms with van der Waals surface area (Å²) in [6.45, 7) is 0. The summed E-state index contributed by atoms with van der Waals surface area (Å²) in [6.07, 6.45) is 0. The number of rotatable bonds is 0. The van der Waals surface area contributed by atoms with Crippen LogP contribution in [0, 0.1) is 0 Å². The third-order valence-electron chi connectivity index (χ3n) is 0. The Bertz CT molecular complexity index is 6.85. The van der Waals surface area contributed by atoms with E-state index in [1.54, 1.807) is 0 Å². The second kappa shape index (κ2) is 30.9. The Balaban J connectivity index is 0. The molecule has 0 spiro atoms.